The smallest absolute Gasteiger partial charge is 0.337 e. The van der Waals surface area contributed by atoms with E-state index in [2.05, 4.69) is 0 Å². The number of benzene rings is 2. The molecular formula is C22H23NO4. The average Bonchev–Trinajstić information content (AvgIpc) is 2.66. The highest BCUT2D eigenvalue weighted by Gasteiger charge is 2.29. The van der Waals surface area contributed by atoms with E-state index in [4.69, 9.17) is 14.5 Å². The first-order valence-corrected chi connectivity index (χ1v) is 8.81. The lowest BCUT2D eigenvalue weighted by atomic mass is 9.84. The van der Waals surface area contributed by atoms with Gasteiger partial charge in [0.2, 0.25) is 0 Å². The molecule has 0 spiro atoms. The van der Waals surface area contributed by atoms with E-state index in [1.165, 1.54) is 7.11 Å². The van der Waals surface area contributed by atoms with Crippen molar-refractivity contribution in [3.63, 3.8) is 0 Å². The van der Waals surface area contributed by atoms with Crippen LogP contribution in [0.15, 0.2) is 47.5 Å². The lowest BCUT2D eigenvalue weighted by Gasteiger charge is -2.29. The second-order valence-electron chi connectivity index (χ2n) is 7.21. The van der Waals surface area contributed by atoms with Crippen LogP contribution in [0.25, 0.3) is 0 Å². The minimum Gasteiger partial charge on any atom is -0.496 e. The molecule has 0 radical (unpaired) electrons. The average molecular weight is 365 g/mol. The molecule has 27 heavy (non-hydrogen) atoms. The molecule has 0 saturated carbocycles. The molecule has 5 nitrogen and oxygen atoms in total. The molecule has 2 aromatic carbocycles. The topological polar surface area (TPSA) is 65.0 Å². The monoisotopic (exact) mass is 365 g/mol. The number of ether oxygens (including phenoxy) is 2. The van der Waals surface area contributed by atoms with Crippen LogP contribution in [0.2, 0.25) is 0 Å². The van der Waals surface area contributed by atoms with Gasteiger partial charge >= 0.3 is 5.97 Å². The summed E-state index contributed by atoms with van der Waals surface area (Å²) >= 11 is 0. The van der Waals surface area contributed by atoms with Crippen LogP contribution >= 0.6 is 0 Å². The summed E-state index contributed by atoms with van der Waals surface area (Å²) in [5, 5.41) is 0. The number of nitrogens with zero attached hydrogens (tertiary/aromatic N) is 1. The van der Waals surface area contributed by atoms with Gasteiger partial charge in [0.05, 0.1) is 43.0 Å². The second-order valence-corrected chi connectivity index (χ2v) is 7.21. The van der Waals surface area contributed by atoms with E-state index in [1.807, 2.05) is 32.0 Å². The third kappa shape index (κ3) is 3.92. The van der Waals surface area contributed by atoms with Gasteiger partial charge in [-0.1, -0.05) is 18.2 Å². The van der Waals surface area contributed by atoms with Crippen LogP contribution < -0.4 is 4.74 Å². The molecule has 0 aliphatic carbocycles. The van der Waals surface area contributed by atoms with Crippen LogP contribution in [0.5, 0.6) is 5.75 Å². The van der Waals surface area contributed by atoms with E-state index < -0.39 is 5.97 Å². The quantitative estimate of drug-likeness (QED) is 0.596. The number of fused-ring (bicyclic) bond motifs is 1. The Morgan fingerprint density at radius 1 is 1.11 bits per heavy atom. The molecule has 1 heterocycles. The first-order chi connectivity index (χ1) is 12.8. The van der Waals surface area contributed by atoms with Gasteiger partial charge in [-0.3, -0.25) is 9.79 Å². The minimum absolute atomic E-state index is 0.0710. The first kappa shape index (κ1) is 18.8. The normalized spacial score (nSPS) is 14.7. The van der Waals surface area contributed by atoms with Crippen molar-refractivity contribution in [3.05, 3.63) is 64.7 Å². The van der Waals surface area contributed by atoms with Gasteiger partial charge in [-0.15, -0.1) is 0 Å². The van der Waals surface area contributed by atoms with E-state index in [0.717, 1.165) is 17.5 Å². The van der Waals surface area contributed by atoms with Crippen molar-refractivity contribution in [2.24, 2.45) is 4.99 Å². The molecule has 140 valence electrons. The van der Waals surface area contributed by atoms with E-state index in [9.17, 15) is 9.59 Å². The number of hydrogen-bond acceptors (Lipinski definition) is 5. The van der Waals surface area contributed by atoms with Crippen LogP contribution in [0, 0.1) is 0 Å². The van der Waals surface area contributed by atoms with Crippen molar-refractivity contribution in [3.8, 4) is 5.75 Å². The van der Waals surface area contributed by atoms with E-state index in [0.29, 0.717) is 22.6 Å². The standard InChI is InChI=1S/C22H23NO4/c1-22(2)13-15-10-9-14(21(25)27-4)11-17(15)18(23-22)12-19(24)16-7-5-6-8-20(16)26-3/h5-11H,12-13H2,1-4H3. The fraction of sp³-hybridized carbons (Fsp3) is 0.318. The zero-order valence-corrected chi connectivity index (χ0v) is 16.0. The Bertz CT molecular complexity index is 928. The number of carbonyl (C=O) groups excluding carboxylic acids is 2. The van der Waals surface area contributed by atoms with Crippen molar-refractivity contribution < 1.29 is 19.1 Å². The Balaban J connectivity index is 2.00. The number of rotatable bonds is 5. The SMILES string of the molecule is COC(=O)c1ccc2c(c1)C(CC(=O)c1ccccc1OC)=NC(C)(C)C2. The number of para-hydroxylation sites is 1. The zero-order valence-electron chi connectivity index (χ0n) is 16.0. The third-order valence-corrected chi connectivity index (χ3v) is 4.64. The minimum atomic E-state index is -0.405. The molecule has 0 fully saturated rings. The number of aliphatic imine (C=N–C) groups is 1. The summed E-state index contributed by atoms with van der Waals surface area (Å²) in [4.78, 5) is 29.7. The summed E-state index contributed by atoms with van der Waals surface area (Å²) in [6.07, 6.45) is 0.886. The summed E-state index contributed by atoms with van der Waals surface area (Å²) in [5.41, 5.74) is 3.26. The van der Waals surface area contributed by atoms with Gasteiger partial charge in [0.1, 0.15) is 5.75 Å². The summed E-state index contributed by atoms with van der Waals surface area (Å²) in [6.45, 7) is 4.08. The Hall–Kier alpha value is -2.95. The molecular weight excluding hydrogens is 342 g/mol. The molecule has 3 rings (SSSR count). The summed E-state index contributed by atoms with van der Waals surface area (Å²) in [6, 6.07) is 12.6. The molecule has 1 aliphatic rings. The van der Waals surface area contributed by atoms with Crippen LogP contribution in [0.4, 0.5) is 0 Å². The van der Waals surface area contributed by atoms with Crippen LogP contribution in [0.3, 0.4) is 0 Å². The summed E-state index contributed by atoms with van der Waals surface area (Å²) in [7, 11) is 2.90. The van der Waals surface area contributed by atoms with Crippen molar-refractivity contribution >= 4 is 17.5 Å². The van der Waals surface area contributed by atoms with Crippen molar-refractivity contribution in [2.75, 3.05) is 14.2 Å². The molecule has 0 aromatic heterocycles. The Labute approximate surface area is 159 Å². The van der Waals surface area contributed by atoms with E-state index >= 15 is 0 Å². The Morgan fingerprint density at radius 2 is 1.85 bits per heavy atom. The van der Waals surface area contributed by atoms with Crippen LogP contribution in [-0.2, 0) is 11.2 Å². The van der Waals surface area contributed by atoms with E-state index in [-0.39, 0.29) is 17.7 Å². The van der Waals surface area contributed by atoms with Crippen LogP contribution in [-0.4, -0.2) is 37.2 Å². The highest BCUT2D eigenvalue weighted by molar-refractivity contribution is 6.18. The maximum Gasteiger partial charge on any atom is 0.337 e. The van der Waals surface area contributed by atoms with Gasteiger partial charge in [-0.05, 0) is 50.1 Å². The molecule has 0 N–H and O–H groups in total. The number of Topliss-reactive ketones (excluding diaryl/α,β-unsaturated/α-hetero) is 1. The maximum atomic E-state index is 12.9. The molecule has 5 heteroatoms. The molecule has 1 aliphatic heterocycles. The number of esters is 1. The van der Waals surface area contributed by atoms with Crippen molar-refractivity contribution in [2.45, 2.75) is 32.2 Å². The predicted octanol–water partition coefficient (Wildman–Crippen LogP) is 3.88. The van der Waals surface area contributed by atoms with Gasteiger partial charge in [0.15, 0.2) is 5.78 Å². The first-order valence-electron chi connectivity index (χ1n) is 8.81. The van der Waals surface area contributed by atoms with Gasteiger partial charge in [0.25, 0.3) is 0 Å². The number of hydrogen-bond donors (Lipinski definition) is 0. The van der Waals surface area contributed by atoms with Crippen molar-refractivity contribution in [1.29, 1.82) is 0 Å². The maximum absolute atomic E-state index is 12.9. The zero-order chi connectivity index (χ0) is 19.6. The largest absolute Gasteiger partial charge is 0.496 e. The van der Waals surface area contributed by atoms with E-state index in [1.54, 1.807) is 31.4 Å². The molecule has 0 unspecified atom stereocenters. The van der Waals surface area contributed by atoms with Crippen molar-refractivity contribution in [1.82, 2.24) is 0 Å². The van der Waals surface area contributed by atoms with Gasteiger partial charge < -0.3 is 9.47 Å². The Kier molecular flexibility index (Phi) is 5.13. The van der Waals surface area contributed by atoms with Gasteiger partial charge in [0, 0.05) is 5.56 Å². The molecule has 0 saturated heterocycles. The van der Waals surface area contributed by atoms with Crippen LogP contribution in [0.1, 0.15) is 52.1 Å². The second kappa shape index (κ2) is 7.35. The number of carbonyl (C=O) groups is 2. The lowest BCUT2D eigenvalue weighted by Crippen LogP contribution is -2.30. The fourth-order valence-electron chi connectivity index (χ4n) is 3.43. The Morgan fingerprint density at radius 3 is 2.56 bits per heavy atom. The molecule has 0 bridgehead atoms. The number of methoxy groups -OCH3 is 2. The number of ketones is 1. The highest BCUT2D eigenvalue weighted by Crippen LogP contribution is 2.30. The third-order valence-electron chi connectivity index (χ3n) is 4.64. The fourth-order valence-corrected chi connectivity index (χ4v) is 3.43. The predicted molar refractivity (Wildman–Crippen MR) is 104 cm³/mol. The molecule has 0 atom stereocenters. The van der Waals surface area contributed by atoms with Gasteiger partial charge in [-0.25, -0.2) is 4.79 Å². The summed E-state index contributed by atoms with van der Waals surface area (Å²) < 4.78 is 10.1. The van der Waals surface area contributed by atoms with Gasteiger partial charge in [-0.2, -0.15) is 0 Å². The lowest BCUT2D eigenvalue weighted by molar-refractivity contribution is 0.0600. The molecule has 0 amide bonds. The summed E-state index contributed by atoms with van der Waals surface area (Å²) in [5.74, 6) is 0.0677. The highest BCUT2D eigenvalue weighted by atomic mass is 16.5. The molecule has 2 aromatic rings.